The van der Waals surface area contributed by atoms with E-state index in [-0.39, 0.29) is 0 Å². The molecule has 2 heteroatoms. The lowest BCUT2D eigenvalue weighted by atomic mass is 10.1. The van der Waals surface area contributed by atoms with Gasteiger partial charge < -0.3 is 3.07 Å². The summed E-state index contributed by atoms with van der Waals surface area (Å²) in [5, 5.41) is 0. The van der Waals surface area contributed by atoms with Crippen LogP contribution in [0.5, 0.6) is 0 Å². The Morgan fingerprint density at radius 3 is 1.73 bits per heavy atom. The van der Waals surface area contributed by atoms with Crippen LogP contribution in [0.25, 0.3) is 0 Å². The van der Waals surface area contributed by atoms with Crippen molar-refractivity contribution in [3.05, 3.63) is 0 Å². The molecule has 1 saturated carbocycles. The van der Waals surface area contributed by atoms with Crippen molar-refractivity contribution < 1.29 is 3.07 Å². The molecule has 1 aliphatic carbocycles. The second-order valence-corrected chi connectivity index (χ2v) is 3.92. The van der Waals surface area contributed by atoms with Crippen molar-refractivity contribution in [2.45, 2.75) is 57.5 Å². The number of hydrogen-bond acceptors (Lipinski definition) is 1. The minimum atomic E-state index is 0.550. The van der Waals surface area contributed by atoms with E-state index in [1.54, 1.807) is 0 Å². The van der Waals surface area contributed by atoms with Gasteiger partial charge in [-0.3, -0.25) is 0 Å². The van der Waals surface area contributed by atoms with Crippen molar-refractivity contribution in [3.63, 3.8) is 0 Å². The lowest BCUT2D eigenvalue weighted by Crippen LogP contribution is -2.06. The highest BCUT2D eigenvalue weighted by Crippen LogP contribution is 2.20. The maximum Gasteiger partial charge on any atom is 0.110 e. The number of hydrogen-bond donors (Lipinski definition) is 0. The molecule has 0 aromatic carbocycles. The molecule has 0 aromatic rings. The molecular formula is C9H17IO. The quantitative estimate of drug-likeness (QED) is 0.656. The van der Waals surface area contributed by atoms with E-state index in [0.29, 0.717) is 6.10 Å². The fourth-order valence-electron chi connectivity index (χ4n) is 1.68. The van der Waals surface area contributed by atoms with Gasteiger partial charge in [0.25, 0.3) is 0 Å². The van der Waals surface area contributed by atoms with Crippen molar-refractivity contribution >= 4 is 23.0 Å². The molecule has 0 atom stereocenters. The summed E-state index contributed by atoms with van der Waals surface area (Å²) >= 11 is 2.05. The van der Waals surface area contributed by atoms with Gasteiger partial charge in [0.2, 0.25) is 0 Å². The summed E-state index contributed by atoms with van der Waals surface area (Å²) in [6, 6.07) is 0. The smallest absolute Gasteiger partial charge is 0.110 e. The summed E-state index contributed by atoms with van der Waals surface area (Å²) in [5.74, 6) is 0. The van der Waals surface area contributed by atoms with Gasteiger partial charge in [-0.05, 0) is 12.8 Å². The van der Waals surface area contributed by atoms with Crippen LogP contribution in [0, 0.1) is 0 Å². The average molecular weight is 268 g/mol. The van der Waals surface area contributed by atoms with Gasteiger partial charge in [-0.2, -0.15) is 0 Å². The van der Waals surface area contributed by atoms with E-state index in [2.05, 4.69) is 0 Å². The van der Waals surface area contributed by atoms with Crippen LogP contribution in [0.1, 0.15) is 51.4 Å². The van der Waals surface area contributed by atoms with E-state index in [1.165, 1.54) is 51.4 Å². The molecule has 1 rings (SSSR count). The van der Waals surface area contributed by atoms with E-state index < -0.39 is 0 Å². The second-order valence-electron chi connectivity index (χ2n) is 3.41. The SMILES string of the molecule is IOC1CCCCCCCC1. The molecule has 0 heterocycles. The zero-order valence-electron chi connectivity index (χ0n) is 7.02. The largest absolute Gasteiger partial charge is 0.312 e. The predicted octanol–water partition coefficient (Wildman–Crippen LogP) is 3.86. The zero-order valence-corrected chi connectivity index (χ0v) is 9.18. The highest BCUT2D eigenvalue weighted by molar-refractivity contribution is 14.1. The first-order valence-corrected chi connectivity index (χ1v) is 5.59. The molecule has 0 bridgehead atoms. The van der Waals surface area contributed by atoms with Crippen LogP contribution in [0.4, 0.5) is 0 Å². The first kappa shape index (κ1) is 9.78. The molecule has 0 spiro atoms. The fourth-order valence-corrected chi connectivity index (χ4v) is 2.19. The van der Waals surface area contributed by atoms with Crippen LogP contribution in [-0.4, -0.2) is 6.10 Å². The van der Waals surface area contributed by atoms with E-state index in [9.17, 15) is 0 Å². The topological polar surface area (TPSA) is 9.23 Å². The van der Waals surface area contributed by atoms with Gasteiger partial charge in [0.05, 0.1) is 6.10 Å². The maximum atomic E-state index is 5.35. The number of halogens is 1. The lowest BCUT2D eigenvalue weighted by molar-refractivity contribution is 0.245. The highest BCUT2D eigenvalue weighted by atomic mass is 127. The number of rotatable bonds is 1. The van der Waals surface area contributed by atoms with Crippen LogP contribution in [-0.2, 0) is 3.07 Å². The van der Waals surface area contributed by atoms with Crippen molar-refractivity contribution in [2.24, 2.45) is 0 Å². The Hall–Kier alpha value is 0.690. The highest BCUT2D eigenvalue weighted by Gasteiger charge is 2.09. The monoisotopic (exact) mass is 268 g/mol. The minimum absolute atomic E-state index is 0.550. The molecule has 0 aromatic heterocycles. The van der Waals surface area contributed by atoms with E-state index in [1.807, 2.05) is 23.0 Å². The molecule has 11 heavy (non-hydrogen) atoms. The summed E-state index contributed by atoms with van der Waals surface area (Å²) in [6.07, 6.45) is 11.6. The van der Waals surface area contributed by atoms with Crippen molar-refractivity contribution in [1.29, 1.82) is 0 Å². The maximum absolute atomic E-state index is 5.35. The van der Waals surface area contributed by atoms with Crippen LogP contribution in [0.2, 0.25) is 0 Å². The molecule has 66 valence electrons. The molecule has 0 aliphatic heterocycles. The third-order valence-corrected chi connectivity index (χ3v) is 3.15. The van der Waals surface area contributed by atoms with Gasteiger partial charge in [-0.15, -0.1) is 0 Å². The summed E-state index contributed by atoms with van der Waals surface area (Å²) in [6.45, 7) is 0. The van der Waals surface area contributed by atoms with Gasteiger partial charge in [-0.1, -0.05) is 38.5 Å². The summed E-state index contributed by atoms with van der Waals surface area (Å²) < 4.78 is 5.35. The Labute approximate surface area is 83.6 Å². The Morgan fingerprint density at radius 2 is 1.27 bits per heavy atom. The van der Waals surface area contributed by atoms with Gasteiger partial charge in [0.15, 0.2) is 0 Å². The fraction of sp³-hybridized carbons (Fsp3) is 1.00. The van der Waals surface area contributed by atoms with Crippen LogP contribution in [0.3, 0.4) is 0 Å². The standard InChI is InChI=1S/C9H17IO/c10-11-9-7-5-3-1-2-4-6-8-9/h9H,1-8H2. The van der Waals surface area contributed by atoms with Gasteiger partial charge >= 0.3 is 0 Å². The van der Waals surface area contributed by atoms with Crippen molar-refractivity contribution in [1.82, 2.24) is 0 Å². The molecular weight excluding hydrogens is 251 g/mol. The van der Waals surface area contributed by atoms with Crippen molar-refractivity contribution in [2.75, 3.05) is 0 Å². The Balaban J connectivity index is 2.19. The first-order valence-electron chi connectivity index (χ1n) is 4.71. The molecule has 0 radical (unpaired) electrons. The van der Waals surface area contributed by atoms with Gasteiger partial charge in [0, 0.05) is 0 Å². The third-order valence-electron chi connectivity index (χ3n) is 2.43. The van der Waals surface area contributed by atoms with E-state index in [0.717, 1.165) is 0 Å². The van der Waals surface area contributed by atoms with Crippen LogP contribution < -0.4 is 0 Å². The Kier molecular flexibility index (Phi) is 5.54. The van der Waals surface area contributed by atoms with Gasteiger partial charge in [-0.25, -0.2) is 0 Å². The van der Waals surface area contributed by atoms with Crippen molar-refractivity contribution in [3.8, 4) is 0 Å². The summed E-state index contributed by atoms with van der Waals surface area (Å²) in [4.78, 5) is 0. The molecule has 0 unspecified atom stereocenters. The molecule has 1 aliphatic rings. The predicted molar refractivity (Wildman–Crippen MR) is 55.8 cm³/mol. The summed E-state index contributed by atoms with van der Waals surface area (Å²) in [7, 11) is 0. The van der Waals surface area contributed by atoms with Crippen LogP contribution in [0.15, 0.2) is 0 Å². The zero-order chi connectivity index (χ0) is 7.94. The molecule has 1 nitrogen and oxygen atoms in total. The molecule has 0 amide bonds. The minimum Gasteiger partial charge on any atom is -0.312 e. The van der Waals surface area contributed by atoms with E-state index >= 15 is 0 Å². The van der Waals surface area contributed by atoms with Crippen LogP contribution >= 0.6 is 23.0 Å². The second kappa shape index (κ2) is 6.23. The molecule has 0 N–H and O–H groups in total. The Morgan fingerprint density at radius 1 is 0.818 bits per heavy atom. The molecule has 0 saturated heterocycles. The first-order chi connectivity index (χ1) is 5.43. The van der Waals surface area contributed by atoms with Gasteiger partial charge in [0.1, 0.15) is 23.0 Å². The molecule has 1 fully saturated rings. The third kappa shape index (κ3) is 4.31. The normalized spacial score (nSPS) is 23.7. The lowest BCUT2D eigenvalue weighted by Gasteiger charge is -2.10. The van der Waals surface area contributed by atoms with E-state index in [4.69, 9.17) is 3.07 Å². The summed E-state index contributed by atoms with van der Waals surface area (Å²) in [5.41, 5.74) is 0. The average Bonchev–Trinajstić information content (AvgIpc) is 2.16. The Bertz CT molecular complexity index is 85.6.